The van der Waals surface area contributed by atoms with Gasteiger partial charge in [0.25, 0.3) is 0 Å². The van der Waals surface area contributed by atoms with E-state index in [1.807, 2.05) is 33.8 Å². The van der Waals surface area contributed by atoms with Gasteiger partial charge in [0.2, 0.25) is 0 Å². The van der Waals surface area contributed by atoms with E-state index in [1.165, 1.54) is 20.8 Å². The van der Waals surface area contributed by atoms with Gasteiger partial charge in [0.15, 0.2) is 0 Å². The summed E-state index contributed by atoms with van der Waals surface area (Å²) in [6.07, 6.45) is 2.88. The summed E-state index contributed by atoms with van der Waals surface area (Å²) >= 11 is 0. The number of ether oxygens (including phenoxy) is 6. The number of allylic oxidation sites excluding steroid dienone is 3. The number of hydrogen-bond donors (Lipinski definition) is 0. The molecular formula is C41H54O12. The predicted octanol–water partition coefficient (Wildman–Crippen LogP) is 6.33. The third-order valence-corrected chi connectivity index (χ3v) is 12.8. The minimum absolute atomic E-state index is 0.139. The van der Waals surface area contributed by atoms with Gasteiger partial charge in [-0.1, -0.05) is 38.5 Å². The van der Waals surface area contributed by atoms with Gasteiger partial charge in [-0.3, -0.25) is 14.4 Å². The maximum absolute atomic E-state index is 13.9. The molecule has 0 spiro atoms. The van der Waals surface area contributed by atoms with Crippen molar-refractivity contribution in [1.29, 1.82) is 0 Å². The zero-order chi connectivity index (χ0) is 39.2. The molecule has 1 aromatic heterocycles. The molecule has 5 rings (SSSR count). The highest BCUT2D eigenvalue weighted by Crippen LogP contribution is 2.71. The second-order valence-corrected chi connectivity index (χ2v) is 15.8. The standard InChI is InChI=1S/C41H54O12/c1-12-21(3)37(45)52-32-17-31(51-26(8)44)39(9)20-49-34-35(39)40(32,10)30(19-48-24(6)42)41(11,36(34)53-38(46)22(4)13-2)33-23(5)28(27-14-15-47-18-27)16-29(33)50-25(7)43/h12-15,18,28-32,34-36H,16-17,19-20H2,1-11H3/t28-,29+,30-,31-,32-,34+,35-,36-,39+,40+,41-/m1/s1. The molecule has 12 nitrogen and oxygen atoms in total. The van der Waals surface area contributed by atoms with Gasteiger partial charge in [-0.05, 0) is 58.2 Å². The average molecular weight is 739 g/mol. The van der Waals surface area contributed by atoms with Crippen molar-refractivity contribution in [2.45, 2.75) is 125 Å². The van der Waals surface area contributed by atoms with E-state index in [9.17, 15) is 24.0 Å². The van der Waals surface area contributed by atoms with Crippen LogP contribution in [0.3, 0.4) is 0 Å². The lowest BCUT2D eigenvalue weighted by Gasteiger charge is -2.66. The second-order valence-electron chi connectivity index (χ2n) is 15.8. The largest absolute Gasteiger partial charge is 0.472 e. The van der Waals surface area contributed by atoms with Gasteiger partial charge in [0.05, 0.1) is 31.8 Å². The highest BCUT2D eigenvalue weighted by molar-refractivity contribution is 5.88. The van der Waals surface area contributed by atoms with E-state index in [1.54, 1.807) is 52.4 Å². The molecule has 0 N–H and O–H groups in total. The Balaban J connectivity index is 1.86. The molecule has 3 aliphatic carbocycles. The van der Waals surface area contributed by atoms with Crippen molar-refractivity contribution in [2.24, 2.45) is 28.1 Å². The van der Waals surface area contributed by atoms with E-state index in [0.29, 0.717) is 23.1 Å². The highest BCUT2D eigenvalue weighted by atomic mass is 16.6. The molecule has 0 bridgehead atoms. The Morgan fingerprint density at radius 3 is 2.00 bits per heavy atom. The van der Waals surface area contributed by atoms with E-state index in [-0.39, 0.29) is 25.6 Å². The summed E-state index contributed by atoms with van der Waals surface area (Å²) < 4.78 is 43.4. The van der Waals surface area contributed by atoms with Gasteiger partial charge in [-0.2, -0.15) is 0 Å². The number of furan rings is 1. The van der Waals surface area contributed by atoms with Gasteiger partial charge >= 0.3 is 29.8 Å². The number of hydrogen-bond acceptors (Lipinski definition) is 12. The topological polar surface area (TPSA) is 154 Å². The van der Waals surface area contributed by atoms with Crippen molar-refractivity contribution in [1.82, 2.24) is 0 Å². The first-order valence-corrected chi connectivity index (χ1v) is 18.4. The van der Waals surface area contributed by atoms with Crippen LogP contribution in [0.5, 0.6) is 0 Å². The van der Waals surface area contributed by atoms with Gasteiger partial charge in [0.1, 0.15) is 24.4 Å². The summed E-state index contributed by atoms with van der Waals surface area (Å²) in [5, 5.41) is 0. The summed E-state index contributed by atoms with van der Waals surface area (Å²) in [6.45, 7) is 18.7. The van der Waals surface area contributed by atoms with Crippen molar-refractivity contribution >= 4 is 29.8 Å². The fourth-order valence-electron chi connectivity index (χ4n) is 10.2. The first-order chi connectivity index (χ1) is 24.9. The summed E-state index contributed by atoms with van der Waals surface area (Å²) in [6, 6.07) is 1.87. The average Bonchev–Trinajstić information content (AvgIpc) is 3.82. The maximum atomic E-state index is 13.9. The van der Waals surface area contributed by atoms with Crippen LogP contribution in [0.25, 0.3) is 0 Å². The predicted molar refractivity (Wildman–Crippen MR) is 191 cm³/mol. The monoisotopic (exact) mass is 738 g/mol. The van der Waals surface area contributed by atoms with Crippen LogP contribution in [0.2, 0.25) is 0 Å². The zero-order valence-electron chi connectivity index (χ0n) is 32.7. The Hall–Kier alpha value is -4.19. The smallest absolute Gasteiger partial charge is 0.333 e. The molecule has 12 heteroatoms. The van der Waals surface area contributed by atoms with Gasteiger partial charge in [-0.15, -0.1) is 0 Å². The van der Waals surface area contributed by atoms with E-state index in [4.69, 9.17) is 32.8 Å². The molecule has 0 radical (unpaired) electrons. The van der Waals surface area contributed by atoms with E-state index in [0.717, 1.165) is 11.1 Å². The van der Waals surface area contributed by atoms with E-state index < -0.39 is 88.4 Å². The second kappa shape index (κ2) is 14.9. The summed E-state index contributed by atoms with van der Waals surface area (Å²) in [4.78, 5) is 65.8. The molecule has 1 aliphatic heterocycles. The van der Waals surface area contributed by atoms with Gasteiger partial charge in [0, 0.05) is 72.3 Å². The third-order valence-electron chi connectivity index (χ3n) is 12.8. The Morgan fingerprint density at radius 1 is 0.830 bits per heavy atom. The van der Waals surface area contributed by atoms with Crippen LogP contribution in [0.4, 0.5) is 0 Å². The number of carbonyl (C=O) groups is 5. The van der Waals surface area contributed by atoms with Gasteiger partial charge < -0.3 is 32.8 Å². The Morgan fingerprint density at radius 2 is 1.45 bits per heavy atom. The summed E-state index contributed by atoms with van der Waals surface area (Å²) in [5.41, 5.74) is 0.0886. The molecule has 11 atom stereocenters. The molecule has 2 saturated carbocycles. The van der Waals surface area contributed by atoms with Crippen molar-refractivity contribution in [3.05, 3.63) is 58.6 Å². The summed E-state index contributed by atoms with van der Waals surface area (Å²) in [7, 11) is 0. The molecular weight excluding hydrogens is 684 g/mol. The molecule has 0 unspecified atom stereocenters. The van der Waals surface area contributed by atoms with Crippen LogP contribution in [-0.4, -0.2) is 73.6 Å². The van der Waals surface area contributed by atoms with Crippen molar-refractivity contribution < 1.29 is 56.8 Å². The van der Waals surface area contributed by atoms with E-state index in [2.05, 4.69) is 0 Å². The lowest BCUT2D eigenvalue weighted by atomic mass is 9.40. The SMILES string of the molecule is CC=C(C)C(=O)O[C@@H]1[C@H]2OC[C@]3(C)[C@@H]2[C@](C)([C@H](OC(=O)C(C)=CC)C[C@H]3OC(C)=O)[C@@H](COC(C)=O)[C@]1(C)C1=C(C)[C@H](c2ccoc2)C[C@@H]1OC(C)=O. The third kappa shape index (κ3) is 6.76. The minimum Gasteiger partial charge on any atom is -0.472 e. The Kier molecular flexibility index (Phi) is 11.3. The molecule has 0 amide bonds. The first kappa shape index (κ1) is 40.0. The van der Waals surface area contributed by atoms with Crippen molar-refractivity contribution in [3.8, 4) is 0 Å². The summed E-state index contributed by atoms with van der Waals surface area (Å²) in [5.74, 6) is -4.13. The fraction of sp³-hybridized carbons (Fsp3) is 0.634. The Labute approximate surface area is 311 Å². The van der Waals surface area contributed by atoms with Crippen LogP contribution in [0.1, 0.15) is 100 Å². The number of rotatable bonds is 10. The molecule has 3 fully saturated rings. The molecule has 1 aromatic rings. The normalized spacial score (nSPS) is 36.7. The molecule has 290 valence electrons. The van der Waals surface area contributed by atoms with Crippen LogP contribution in [0, 0.1) is 28.1 Å². The highest BCUT2D eigenvalue weighted by Gasteiger charge is 2.77. The van der Waals surface area contributed by atoms with Crippen molar-refractivity contribution in [2.75, 3.05) is 13.2 Å². The maximum Gasteiger partial charge on any atom is 0.333 e. The first-order valence-electron chi connectivity index (χ1n) is 18.4. The lowest BCUT2D eigenvalue weighted by molar-refractivity contribution is -0.265. The lowest BCUT2D eigenvalue weighted by Crippen LogP contribution is -2.73. The minimum atomic E-state index is -1.25. The molecule has 0 aromatic carbocycles. The van der Waals surface area contributed by atoms with Crippen LogP contribution in [0.15, 0.2) is 57.5 Å². The molecule has 2 heterocycles. The quantitative estimate of drug-likeness (QED) is 0.114. The Bertz CT molecular complexity index is 1720. The van der Waals surface area contributed by atoms with Crippen LogP contribution >= 0.6 is 0 Å². The van der Waals surface area contributed by atoms with Gasteiger partial charge in [-0.25, -0.2) is 9.59 Å². The van der Waals surface area contributed by atoms with Crippen molar-refractivity contribution in [3.63, 3.8) is 0 Å². The number of esters is 5. The zero-order valence-corrected chi connectivity index (χ0v) is 32.7. The fourth-order valence-corrected chi connectivity index (χ4v) is 10.2. The molecule has 1 saturated heterocycles. The molecule has 53 heavy (non-hydrogen) atoms. The van der Waals surface area contributed by atoms with Crippen LogP contribution < -0.4 is 0 Å². The number of carbonyl (C=O) groups excluding carboxylic acids is 5. The molecule has 4 aliphatic rings. The van der Waals surface area contributed by atoms with Crippen LogP contribution in [-0.2, 0) is 52.4 Å². The van der Waals surface area contributed by atoms with E-state index >= 15 is 0 Å².